The molecule has 0 unspecified atom stereocenters. The van der Waals surface area contributed by atoms with Crippen molar-refractivity contribution in [1.82, 2.24) is 0 Å². The van der Waals surface area contributed by atoms with Crippen molar-refractivity contribution in [3.63, 3.8) is 0 Å². The number of hydrogen-bond acceptors (Lipinski definition) is 5. The third-order valence-electron chi connectivity index (χ3n) is 3.56. The van der Waals surface area contributed by atoms with Crippen molar-refractivity contribution in [3.8, 4) is 5.75 Å². The Morgan fingerprint density at radius 2 is 1.66 bits per heavy atom. The molecule has 0 bridgehead atoms. The van der Waals surface area contributed by atoms with E-state index in [4.69, 9.17) is 66.1 Å². The molecule has 0 fully saturated rings. The molecule has 0 atom stereocenters. The second kappa shape index (κ2) is 9.41. The van der Waals surface area contributed by atoms with Crippen molar-refractivity contribution < 1.29 is 18.8 Å². The maximum absolute atomic E-state index is 12.1. The van der Waals surface area contributed by atoms with Gasteiger partial charge < -0.3 is 19.7 Å². The highest BCUT2D eigenvalue weighted by atomic mass is 35.5. The molecule has 0 amide bonds. The van der Waals surface area contributed by atoms with Crippen LogP contribution < -0.4 is 10.5 Å². The summed E-state index contributed by atoms with van der Waals surface area (Å²) in [4.78, 5) is 16.9. The number of hydrogen-bond donors (Lipinski definition) is 1. The van der Waals surface area contributed by atoms with Crippen molar-refractivity contribution in [2.24, 2.45) is 10.9 Å². The molecule has 6 nitrogen and oxygen atoms in total. The molecule has 3 aromatic rings. The molecular weight excluding hydrogens is 462 g/mol. The van der Waals surface area contributed by atoms with Crippen LogP contribution in [0, 0.1) is 0 Å². The molecule has 2 aromatic carbocycles. The van der Waals surface area contributed by atoms with Gasteiger partial charge in [-0.25, -0.2) is 4.79 Å². The van der Waals surface area contributed by atoms with Crippen LogP contribution in [0.4, 0.5) is 0 Å². The lowest BCUT2D eigenvalue weighted by atomic mass is 10.2. The minimum Gasteiger partial charge on any atom is -0.484 e. The molecule has 29 heavy (non-hydrogen) atoms. The maximum Gasteiger partial charge on any atom is 0.400 e. The number of ether oxygens (including phenoxy) is 1. The van der Waals surface area contributed by atoms with Crippen LogP contribution in [0.3, 0.4) is 0 Å². The first kappa shape index (κ1) is 21.3. The lowest BCUT2D eigenvalue weighted by molar-refractivity contribution is 0.0475. The fourth-order valence-electron chi connectivity index (χ4n) is 2.19. The number of halogens is 4. The van der Waals surface area contributed by atoms with Crippen LogP contribution >= 0.6 is 46.4 Å². The number of nitrogens with zero attached hydrogens (tertiary/aromatic N) is 1. The van der Waals surface area contributed by atoms with Gasteiger partial charge in [0.25, 0.3) is 0 Å². The van der Waals surface area contributed by atoms with E-state index in [0.29, 0.717) is 32.1 Å². The van der Waals surface area contributed by atoms with E-state index in [1.165, 1.54) is 12.1 Å². The van der Waals surface area contributed by atoms with Gasteiger partial charge in [0.05, 0.1) is 10.0 Å². The summed E-state index contributed by atoms with van der Waals surface area (Å²) in [5.74, 6) is -0.208. The summed E-state index contributed by atoms with van der Waals surface area (Å²) in [6.45, 7) is 0.0421. The van der Waals surface area contributed by atoms with E-state index in [0.717, 1.165) is 0 Å². The zero-order chi connectivity index (χ0) is 21.0. The number of nitrogens with two attached hydrogens (primary N) is 1. The number of rotatable bonds is 6. The number of benzene rings is 2. The summed E-state index contributed by atoms with van der Waals surface area (Å²) < 4.78 is 10.9. The van der Waals surface area contributed by atoms with Gasteiger partial charge in [-0.1, -0.05) is 51.6 Å². The number of carbonyl (C=O) groups excluding carboxylic acids is 1. The monoisotopic (exact) mass is 472 g/mol. The summed E-state index contributed by atoms with van der Waals surface area (Å²) in [5, 5.41) is 5.14. The molecule has 0 radical (unpaired) electrons. The lowest BCUT2D eigenvalue weighted by Crippen LogP contribution is -2.15. The summed E-state index contributed by atoms with van der Waals surface area (Å²) in [5.41, 5.74) is 6.16. The number of carbonyl (C=O) groups is 1. The first-order valence-electron chi connectivity index (χ1n) is 8.00. The Morgan fingerprint density at radius 3 is 2.34 bits per heavy atom. The number of amidine groups is 1. The predicted octanol–water partition coefficient (Wildman–Crippen LogP) is 5.95. The van der Waals surface area contributed by atoms with Gasteiger partial charge >= 0.3 is 5.97 Å². The van der Waals surface area contributed by atoms with E-state index >= 15 is 0 Å². The molecule has 0 aliphatic heterocycles. The van der Waals surface area contributed by atoms with E-state index in [9.17, 15) is 4.79 Å². The molecule has 150 valence electrons. The van der Waals surface area contributed by atoms with Gasteiger partial charge in [0.1, 0.15) is 18.1 Å². The zero-order valence-corrected chi connectivity index (χ0v) is 17.5. The molecule has 0 spiro atoms. The predicted molar refractivity (Wildman–Crippen MR) is 112 cm³/mol. The summed E-state index contributed by atoms with van der Waals surface area (Å²) in [6.07, 6.45) is 0. The second-order valence-corrected chi connectivity index (χ2v) is 7.30. The molecule has 0 aliphatic rings. The van der Waals surface area contributed by atoms with Crippen LogP contribution in [0.25, 0.3) is 0 Å². The van der Waals surface area contributed by atoms with Crippen LogP contribution in [0.5, 0.6) is 5.75 Å². The van der Waals surface area contributed by atoms with Crippen molar-refractivity contribution in [2.75, 3.05) is 0 Å². The third kappa shape index (κ3) is 5.58. The van der Waals surface area contributed by atoms with Crippen LogP contribution in [-0.4, -0.2) is 11.8 Å². The highest BCUT2D eigenvalue weighted by molar-refractivity contribution is 6.37. The van der Waals surface area contributed by atoms with Gasteiger partial charge in [-0.2, -0.15) is 0 Å². The molecule has 10 heteroatoms. The fourth-order valence-corrected chi connectivity index (χ4v) is 3.16. The first-order valence-corrected chi connectivity index (χ1v) is 9.51. The van der Waals surface area contributed by atoms with Gasteiger partial charge in [0.15, 0.2) is 5.84 Å². The van der Waals surface area contributed by atoms with Crippen molar-refractivity contribution in [2.45, 2.75) is 6.61 Å². The van der Waals surface area contributed by atoms with Crippen molar-refractivity contribution in [3.05, 3.63) is 85.7 Å². The quantitative estimate of drug-likeness (QED) is 0.207. The molecule has 2 N–H and O–H groups in total. The highest BCUT2D eigenvalue weighted by Gasteiger charge is 2.15. The third-order valence-corrected chi connectivity index (χ3v) is 4.64. The van der Waals surface area contributed by atoms with Crippen LogP contribution in [0.1, 0.15) is 21.9 Å². The topological polar surface area (TPSA) is 87.1 Å². The molecular formula is C19H12Cl4N2O4. The van der Waals surface area contributed by atoms with Crippen LogP contribution in [0.2, 0.25) is 20.1 Å². The van der Waals surface area contributed by atoms with Crippen molar-refractivity contribution in [1.29, 1.82) is 0 Å². The molecule has 0 saturated heterocycles. The Bertz CT molecular complexity index is 1080. The average Bonchev–Trinajstić information content (AvgIpc) is 3.14. The summed E-state index contributed by atoms with van der Waals surface area (Å²) >= 11 is 23.7. The standard InChI is InChI=1S/C19H12Cl4N2O4/c20-10-1-4-13(14(22)7-10)18(24)25-29-19(26)17-6-3-12(28-17)9-27-16-5-2-11(21)8-15(16)23/h1-8H,9H2,(H2,24,25). The normalized spacial score (nSPS) is 11.4. The van der Waals surface area contributed by atoms with Crippen LogP contribution in [-0.2, 0) is 11.4 Å². The minimum absolute atomic E-state index is 0.0421. The number of oxime groups is 1. The average molecular weight is 474 g/mol. The minimum atomic E-state index is -0.839. The number of furan rings is 1. The lowest BCUT2D eigenvalue weighted by Gasteiger charge is -2.06. The van der Waals surface area contributed by atoms with E-state index in [-0.39, 0.29) is 23.2 Å². The fraction of sp³-hybridized carbons (Fsp3) is 0.0526. The van der Waals surface area contributed by atoms with Gasteiger partial charge in [-0.15, -0.1) is 0 Å². The van der Waals surface area contributed by atoms with E-state index < -0.39 is 5.97 Å². The van der Waals surface area contributed by atoms with Gasteiger partial charge in [-0.05, 0) is 48.5 Å². The first-order chi connectivity index (χ1) is 13.8. The van der Waals surface area contributed by atoms with E-state index in [1.54, 1.807) is 36.4 Å². The van der Waals surface area contributed by atoms with Gasteiger partial charge in [0, 0.05) is 15.6 Å². The second-order valence-electron chi connectivity index (χ2n) is 5.61. The molecule has 1 heterocycles. The molecule has 0 aliphatic carbocycles. The largest absolute Gasteiger partial charge is 0.484 e. The van der Waals surface area contributed by atoms with Crippen LogP contribution in [0.15, 0.2) is 58.1 Å². The van der Waals surface area contributed by atoms with Gasteiger partial charge in [0.2, 0.25) is 5.76 Å². The maximum atomic E-state index is 12.1. The molecule has 0 saturated carbocycles. The van der Waals surface area contributed by atoms with E-state index in [1.807, 2.05) is 0 Å². The highest BCUT2D eigenvalue weighted by Crippen LogP contribution is 2.28. The van der Waals surface area contributed by atoms with Gasteiger partial charge in [-0.3, -0.25) is 0 Å². The summed E-state index contributed by atoms with van der Waals surface area (Å²) in [6, 6.07) is 12.4. The smallest absolute Gasteiger partial charge is 0.400 e. The Kier molecular flexibility index (Phi) is 6.92. The molecule has 3 rings (SSSR count). The zero-order valence-electron chi connectivity index (χ0n) is 14.5. The van der Waals surface area contributed by atoms with E-state index in [2.05, 4.69) is 5.16 Å². The Hall–Kier alpha value is -2.38. The Labute approximate surface area is 185 Å². The molecule has 1 aromatic heterocycles. The Morgan fingerprint density at radius 1 is 0.966 bits per heavy atom. The Balaban J connectivity index is 1.61. The van der Waals surface area contributed by atoms with Crippen molar-refractivity contribution >= 4 is 58.2 Å². The SMILES string of the molecule is N/C(=N\OC(=O)c1ccc(COc2ccc(Cl)cc2Cl)o1)c1ccc(Cl)cc1Cl. The summed E-state index contributed by atoms with van der Waals surface area (Å²) in [7, 11) is 0.